The van der Waals surface area contributed by atoms with Gasteiger partial charge in [0.05, 0.1) is 12.2 Å². The molecule has 1 rings (SSSR count). The fourth-order valence-electron chi connectivity index (χ4n) is 2.00. The second kappa shape index (κ2) is 9.08. The molecule has 0 aromatic heterocycles. The van der Waals surface area contributed by atoms with Gasteiger partial charge < -0.3 is 10.0 Å². The van der Waals surface area contributed by atoms with Crippen molar-refractivity contribution in [1.82, 2.24) is 4.90 Å². The molecular weight excluding hydrogens is 325 g/mol. The Kier molecular flexibility index (Phi) is 7.77. The quantitative estimate of drug-likeness (QED) is 0.731. The topological polar surface area (TPSA) is 40.5 Å². The van der Waals surface area contributed by atoms with E-state index in [9.17, 15) is 9.18 Å². The van der Waals surface area contributed by atoms with Crippen molar-refractivity contribution in [2.75, 3.05) is 19.7 Å². The van der Waals surface area contributed by atoms with E-state index in [2.05, 4.69) is 22.9 Å². The van der Waals surface area contributed by atoms with Crippen LogP contribution < -0.4 is 0 Å². The summed E-state index contributed by atoms with van der Waals surface area (Å²) < 4.78 is 13.8. The van der Waals surface area contributed by atoms with Gasteiger partial charge in [0.25, 0.3) is 5.91 Å². The minimum absolute atomic E-state index is 0.0908. The molecule has 1 amide bonds. The number of amides is 1. The summed E-state index contributed by atoms with van der Waals surface area (Å²) in [6.45, 7) is 2.89. The minimum atomic E-state index is -0.438. The number of hydrogen-bond donors (Lipinski definition) is 1. The third-order valence-electron chi connectivity index (χ3n) is 3.10. The monoisotopic (exact) mass is 345 g/mol. The van der Waals surface area contributed by atoms with Crippen molar-refractivity contribution < 1.29 is 14.3 Å². The Balaban J connectivity index is 2.74. The Hall–Kier alpha value is -0.940. The fraction of sp³-hybridized carbons (Fsp3) is 0.533. The van der Waals surface area contributed by atoms with Crippen molar-refractivity contribution in [2.24, 2.45) is 0 Å². The first kappa shape index (κ1) is 17.1. The number of aliphatic hydroxyl groups excluding tert-OH is 1. The predicted octanol–water partition coefficient (Wildman–Crippen LogP) is 3.60. The standard InChI is InChI=1S/C15H21BrFNO2/c1-2-3-4-5-8-18(9-10-19)15(20)13-11-12(17)6-7-14(13)16/h6-7,11,19H,2-5,8-10H2,1H3. The van der Waals surface area contributed by atoms with Gasteiger partial charge in [0.1, 0.15) is 5.82 Å². The Morgan fingerprint density at radius 2 is 2.05 bits per heavy atom. The number of hydrogen-bond acceptors (Lipinski definition) is 2. The molecule has 0 saturated heterocycles. The predicted molar refractivity (Wildman–Crippen MR) is 81.2 cm³/mol. The molecule has 1 aromatic rings. The number of nitrogens with zero attached hydrogens (tertiary/aromatic N) is 1. The van der Waals surface area contributed by atoms with Crippen molar-refractivity contribution >= 4 is 21.8 Å². The summed E-state index contributed by atoms with van der Waals surface area (Å²) in [5.41, 5.74) is 0.300. The molecule has 3 nitrogen and oxygen atoms in total. The molecule has 0 aliphatic rings. The zero-order valence-corrected chi connectivity index (χ0v) is 13.3. The summed E-state index contributed by atoms with van der Waals surface area (Å²) in [5, 5.41) is 9.08. The second-order valence-corrected chi connectivity index (χ2v) is 5.55. The van der Waals surface area contributed by atoms with Crippen molar-refractivity contribution in [3.05, 3.63) is 34.1 Å². The largest absolute Gasteiger partial charge is 0.395 e. The van der Waals surface area contributed by atoms with Crippen molar-refractivity contribution in [2.45, 2.75) is 32.6 Å². The average molecular weight is 346 g/mol. The van der Waals surface area contributed by atoms with E-state index in [1.165, 1.54) is 18.2 Å². The van der Waals surface area contributed by atoms with Crippen LogP contribution in [0.4, 0.5) is 4.39 Å². The van der Waals surface area contributed by atoms with Crippen LogP contribution in [0.1, 0.15) is 43.0 Å². The van der Waals surface area contributed by atoms with Crippen LogP contribution in [0, 0.1) is 5.82 Å². The lowest BCUT2D eigenvalue weighted by Gasteiger charge is -2.22. The van der Waals surface area contributed by atoms with Crippen LogP contribution in [0.5, 0.6) is 0 Å². The maximum Gasteiger partial charge on any atom is 0.255 e. The van der Waals surface area contributed by atoms with Crippen LogP contribution in [0.2, 0.25) is 0 Å². The Morgan fingerprint density at radius 1 is 1.30 bits per heavy atom. The van der Waals surface area contributed by atoms with Gasteiger partial charge >= 0.3 is 0 Å². The lowest BCUT2D eigenvalue weighted by atomic mass is 10.1. The summed E-state index contributed by atoms with van der Waals surface area (Å²) in [7, 11) is 0. The molecule has 0 unspecified atom stereocenters. The maximum absolute atomic E-state index is 13.3. The SMILES string of the molecule is CCCCCCN(CCO)C(=O)c1cc(F)ccc1Br. The minimum Gasteiger partial charge on any atom is -0.395 e. The molecule has 0 radical (unpaired) electrons. The van der Waals surface area contributed by atoms with E-state index < -0.39 is 5.82 Å². The number of carbonyl (C=O) groups is 1. The molecule has 0 fully saturated rings. The van der Waals surface area contributed by atoms with Gasteiger partial charge in [-0.05, 0) is 40.5 Å². The van der Waals surface area contributed by atoms with Crippen LogP contribution in [0.3, 0.4) is 0 Å². The van der Waals surface area contributed by atoms with E-state index in [1.54, 1.807) is 4.90 Å². The first-order chi connectivity index (χ1) is 9.60. The maximum atomic E-state index is 13.3. The highest BCUT2D eigenvalue weighted by atomic mass is 79.9. The molecule has 0 atom stereocenters. The lowest BCUT2D eigenvalue weighted by Crippen LogP contribution is -2.34. The van der Waals surface area contributed by atoms with Crippen LogP contribution >= 0.6 is 15.9 Å². The van der Waals surface area contributed by atoms with E-state index in [4.69, 9.17) is 5.11 Å². The van der Waals surface area contributed by atoms with Gasteiger partial charge in [-0.1, -0.05) is 26.2 Å². The Bertz CT molecular complexity index is 440. The zero-order chi connectivity index (χ0) is 15.0. The molecule has 1 N–H and O–H groups in total. The normalized spacial score (nSPS) is 10.6. The molecule has 0 heterocycles. The van der Waals surface area contributed by atoms with Gasteiger partial charge in [0, 0.05) is 17.6 Å². The van der Waals surface area contributed by atoms with Crippen molar-refractivity contribution in [3.8, 4) is 0 Å². The highest BCUT2D eigenvalue weighted by molar-refractivity contribution is 9.10. The first-order valence-corrected chi connectivity index (χ1v) is 7.74. The first-order valence-electron chi connectivity index (χ1n) is 6.95. The van der Waals surface area contributed by atoms with Gasteiger partial charge in [-0.15, -0.1) is 0 Å². The number of carbonyl (C=O) groups excluding carboxylic acids is 1. The average Bonchev–Trinajstić information content (AvgIpc) is 2.44. The number of unbranched alkanes of at least 4 members (excludes halogenated alkanes) is 3. The van der Waals surface area contributed by atoms with Crippen molar-refractivity contribution in [1.29, 1.82) is 0 Å². The number of benzene rings is 1. The van der Waals surface area contributed by atoms with Crippen LogP contribution in [-0.4, -0.2) is 35.6 Å². The Labute approximate surface area is 127 Å². The molecule has 5 heteroatoms. The van der Waals surface area contributed by atoms with Gasteiger partial charge in [-0.3, -0.25) is 4.79 Å². The molecule has 0 bridgehead atoms. The van der Waals surface area contributed by atoms with E-state index in [-0.39, 0.29) is 19.1 Å². The number of rotatable bonds is 8. The zero-order valence-electron chi connectivity index (χ0n) is 11.7. The molecule has 0 aliphatic heterocycles. The molecular formula is C15H21BrFNO2. The van der Waals surface area contributed by atoms with Crippen molar-refractivity contribution in [3.63, 3.8) is 0 Å². The van der Waals surface area contributed by atoms with Gasteiger partial charge in [0.15, 0.2) is 0 Å². The number of aliphatic hydroxyl groups is 1. The Morgan fingerprint density at radius 3 is 2.70 bits per heavy atom. The van der Waals surface area contributed by atoms with E-state index in [1.807, 2.05) is 0 Å². The number of halogens is 2. The van der Waals surface area contributed by atoms with Gasteiger partial charge in [-0.2, -0.15) is 0 Å². The molecule has 1 aromatic carbocycles. The fourth-order valence-corrected chi connectivity index (χ4v) is 2.41. The summed E-state index contributed by atoms with van der Waals surface area (Å²) in [6.07, 6.45) is 4.21. The molecule has 0 aliphatic carbocycles. The summed E-state index contributed by atoms with van der Waals surface area (Å²) in [5.74, 6) is -0.687. The van der Waals surface area contributed by atoms with Crippen LogP contribution in [-0.2, 0) is 0 Å². The summed E-state index contributed by atoms with van der Waals surface area (Å²) in [6, 6.07) is 4.05. The smallest absolute Gasteiger partial charge is 0.255 e. The highest BCUT2D eigenvalue weighted by Gasteiger charge is 2.18. The van der Waals surface area contributed by atoms with E-state index in [0.717, 1.165) is 25.7 Å². The third kappa shape index (κ3) is 5.21. The molecule has 0 saturated carbocycles. The molecule has 112 valence electrons. The van der Waals surface area contributed by atoms with Gasteiger partial charge in [0.2, 0.25) is 0 Å². The van der Waals surface area contributed by atoms with Crippen LogP contribution in [0.15, 0.2) is 22.7 Å². The highest BCUT2D eigenvalue weighted by Crippen LogP contribution is 2.20. The second-order valence-electron chi connectivity index (χ2n) is 4.70. The summed E-state index contributed by atoms with van der Waals surface area (Å²) >= 11 is 3.27. The molecule has 20 heavy (non-hydrogen) atoms. The lowest BCUT2D eigenvalue weighted by molar-refractivity contribution is 0.0717. The van der Waals surface area contributed by atoms with E-state index in [0.29, 0.717) is 16.6 Å². The van der Waals surface area contributed by atoms with E-state index >= 15 is 0 Å². The molecule has 0 spiro atoms. The van der Waals surface area contributed by atoms with Crippen LogP contribution in [0.25, 0.3) is 0 Å². The van der Waals surface area contributed by atoms with Gasteiger partial charge in [-0.25, -0.2) is 4.39 Å². The summed E-state index contributed by atoms with van der Waals surface area (Å²) in [4.78, 5) is 14.0. The third-order valence-corrected chi connectivity index (χ3v) is 3.79.